The van der Waals surface area contributed by atoms with Gasteiger partial charge in [0.2, 0.25) is 0 Å². The van der Waals surface area contributed by atoms with E-state index in [9.17, 15) is 4.79 Å². The van der Waals surface area contributed by atoms with Crippen LogP contribution >= 0.6 is 0 Å². The first-order valence-corrected chi connectivity index (χ1v) is 7.23. The fourth-order valence-electron chi connectivity index (χ4n) is 3.01. The van der Waals surface area contributed by atoms with Gasteiger partial charge >= 0.3 is 5.69 Å². The Morgan fingerprint density at radius 2 is 2.05 bits per heavy atom. The van der Waals surface area contributed by atoms with Gasteiger partial charge in [-0.05, 0) is 50.4 Å². The molecule has 1 aromatic heterocycles. The predicted octanol–water partition coefficient (Wildman–Crippen LogP) is 1.78. The van der Waals surface area contributed by atoms with Crippen LogP contribution in [0.15, 0.2) is 35.3 Å². The SMILES string of the molecule is Cc1cn(C)c(=O)n1-c1ccc(CC2CCCN2)cc1. The lowest BCUT2D eigenvalue weighted by Crippen LogP contribution is -2.23. The normalized spacial score (nSPS) is 18.6. The number of nitrogens with zero attached hydrogens (tertiary/aromatic N) is 2. The fourth-order valence-corrected chi connectivity index (χ4v) is 3.01. The second-order valence-electron chi connectivity index (χ2n) is 5.66. The third-order valence-electron chi connectivity index (χ3n) is 4.07. The molecule has 2 heterocycles. The van der Waals surface area contributed by atoms with Crippen LogP contribution in [0.3, 0.4) is 0 Å². The topological polar surface area (TPSA) is 39.0 Å². The Bertz CT molecular complexity index is 645. The Morgan fingerprint density at radius 3 is 2.60 bits per heavy atom. The Balaban J connectivity index is 1.83. The summed E-state index contributed by atoms with van der Waals surface area (Å²) in [6.45, 7) is 3.10. The minimum atomic E-state index is 0.00714. The van der Waals surface area contributed by atoms with E-state index in [1.54, 1.807) is 16.2 Å². The Labute approximate surface area is 119 Å². The highest BCUT2D eigenvalue weighted by molar-refractivity contribution is 5.36. The van der Waals surface area contributed by atoms with Crippen molar-refractivity contribution in [2.24, 2.45) is 7.05 Å². The van der Waals surface area contributed by atoms with Crippen LogP contribution in [0.4, 0.5) is 0 Å². The van der Waals surface area contributed by atoms with E-state index in [-0.39, 0.29) is 5.69 Å². The summed E-state index contributed by atoms with van der Waals surface area (Å²) in [7, 11) is 1.78. The van der Waals surface area contributed by atoms with Gasteiger partial charge in [-0.3, -0.25) is 4.57 Å². The van der Waals surface area contributed by atoms with Gasteiger partial charge in [0.05, 0.1) is 5.69 Å². The van der Waals surface area contributed by atoms with E-state index in [1.807, 2.05) is 25.3 Å². The van der Waals surface area contributed by atoms with Crippen molar-refractivity contribution in [3.05, 3.63) is 52.2 Å². The van der Waals surface area contributed by atoms with Crippen LogP contribution in [0.2, 0.25) is 0 Å². The molecular formula is C16H21N3O. The summed E-state index contributed by atoms with van der Waals surface area (Å²) in [6, 6.07) is 8.96. The number of aromatic nitrogens is 2. The first-order chi connectivity index (χ1) is 9.65. The first kappa shape index (κ1) is 13.2. The Morgan fingerprint density at radius 1 is 1.30 bits per heavy atom. The second kappa shape index (κ2) is 5.29. The van der Waals surface area contributed by atoms with Gasteiger partial charge in [0.15, 0.2) is 0 Å². The molecule has 1 aliphatic rings. The van der Waals surface area contributed by atoms with Crippen LogP contribution in [0.5, 0.6) is 0 Å². The van der Waals surface area contributed by atoms with E-state index in [0.717, 1.165) is 24.3 Å². The summed E-state index contributed by atoms with van der Waals surface area (Å²) in [5.41, 5.74) is 3.24. The minimum Gasteiger partial charge on any atom is -0.314 e. The second-order valence-corrected chi connectivity index (χ2v) is 5.66. The van der Waals surface area contributed by atoms with Gasteiger partial charge in [-0.1, -0.05) is 12.1 Å². The molecule has 0 radical (unpaired) electrons. The minimum absolute atomic E-state index is 0.00714. The van der Waals surface area contributed by atoms with Crippen LogP contribution in [-0.2, 0) is 13.5 Å². The predicted molar refractivity (Wildman–Crippen MR) is 80.5 cm³/mol. The van der Waals surface area contributed by atoms with Crippen LogP contribution in [0, 0.1) is 6.92 Å². The van der Waals surface area contributed by atoms with Gasteiger partial charge in [0.1, 0.15) is 0 Å². The van der Waals surface area contributed by atoms with Crippen molar-refractivity contribution < 1.29 is 0 Å². The average molecular weight is 271 g/mol. The quantitative estimate of drug-likeness (QED) is 0.924. The summed E-state index contributed by atoms with van der Waals surface area (Å²) in [5, 5.41) is 3.51. The van der Waals surface area contributed by atoms with Crippen molar-refractivity contribution in [2.75, 3.05) is 6.54 Å². The number of benzene rings is 1. The van der Waals surface area contributed by atoms with Gasteiger partial charge in [-0.25, -0.2) is 4.79 Å². The first-order valence-electron chi connectivity index (χ1n) is 7.23. The molecule has 1 fully saturated rings. The lowest BCUT2D eigenvalue weighted by atomic mass is 10.0. The summed E-state index contributed by atoms with van der Waals surface area (Å²) >= 11 is 0. The van der Waals surface area contributed by atoms with E-state index in [4.69, 9.17) is 0 Å². The molecule has 2 aromatic rings. The molecule has 0 amide bonds. The molecule has 0 aliphatic carbocycles. The van der Waals surface area contributed by atoms with Crippen molar-refractivity contribution >= 4 is 0 Å². The Hall–Kier alpha value is -1.81. The lowest BCUT2D eigenvalue weighted by molar-refractivity contribution is 0.603. The van der Waals surface area contributed by atoms with Gasteiger partial charge < -0.3 is 9.88 Å². The van der Waals surface area contributed by atoms with Crippen LogP contribution in [0.1, 0.15) is 24.1 Å². The summed E-state index contributed by atoms with van der Waals surface area (Å²) in [5.74, 6) is 0. The van der Waals surface area contributed by atoms with E-state index in [0.29, 0.717) is 6.04 Å². The third kappa shape index (κ3) is 2.43. The summed E-state index contributed by atoms with van der Waals surface area (Å²) in [6.07, 6.45) is 5.47. The summed E-state index contributed by atoms with van der Waals surface area (Å²) in [4.78, 5) is 12.1. The molecule has 1 aromatic carbocycles. The molecule has 1 aliphatic heterocycles. The lowest BCUT2D eigenvalue weighted by Gasteiger charge is -2.11. The van der Waals surface area contributed by atoms with Crippen molar-refractivity contribution in [2.45, 2.75) is 32.2 Å². The van der Waals surface area contributed by atoms with Crippen molar-refractivity contribution in [1.29, 1.82) is 0 Å². The number of nitrogens with one attached hydrogen (secondary N) is 1. The fraction of sp³-hybridized carbons (Fsp3) is 0.438. The van der Waals surface area contributed by atoms with Crippen LogP contribution in [-0.4, -0.2) is 21.7 Å². The molecule has 0 spiro atoms. The average Bonchev–Trinajstić information content (AvgIpc) is 3.01. The molecule has 0 bridgehead atoms. The molecular weight excluding hydrogens is 250 g/mol. The van der Waals surface area contributed by atoms with Gasteiger partial charge in [0.25, 0.3) is 0 Å². The molecule has 106 valence electrons. The van der Waals surface area contributed by atoms with E-state index < -0.39 is 0 Å². The van der Waals surface area contributed by atoms with E-state index in [2.05, 4.69) is 17.4 Å². The zero-order chi connectivity index (χ0) is 14.1. The number of imidazole rings is 1. The molecule has 1 atom stereocenters. The largest absolute Gasteiger partial charge is 0.332 e. The van der Waals surface area contributed by atoms with Gasteiger partial charge in [-0.2, -0.15) is 0 Å². The molecule has 1 saturated heterocycles. The molecule has 0 saturated carbocycles. The highest BCUT2D eigenvalue weighted by atomic mass is 16.1. The van der Waals surface area contributed by atoms with Gasteiger partial charge in [0, 0.05) is 25.0 Å². The zero-order valence-corrected chi connectivity index (χ0v) is 12.1. The molecule has 4 nitrogen and oxygen atoms in total. The van der Waals surface area contributed by atoms with Crippen LogP contribution < -0.4 is 11.0 Å². The maximum atomic E-state index is 12.1. The molecule has 4 heteroatoms. The third-order valence-corrected chi connectivity index (χ3v) is 4.07. The van der Waals surface area contributed by atoms with Crippen LogP contribution in [0.25, 0.3) is 5.69 Å². The Kier molecular flexibility index (Phi) is 3.49. The maximum Gasteiger partial charge on any atom is 0.332 e. The maximum absolute atomic E-state index is 12.1. The summed E-state index contributed by atoms with van der Waals surface area (Å²) < 4.78 is 3.36. The smallest absolute Gasteiger partial charge is 0.314 e. The number of rotatable bonds is 3. The molecule has 1 unspecified atom stereocenters. The van der Waals surface area contributed by atoms with Crippen molar-refractivity contribution in [3.63, 3.8) is 0 Å². The number of hydrogen-bond donors (Lipinski definition) is 1. The van der Waals surface area contributed by atoms with E-state index in [1.165, 1.54) is 18.4 Å². The monoisotopic (exact) mass is 271 g/mol. The van der Waals surface area contributed by atoms with E-state index >= 15 is 0 Å². The number of hydrogen-bond acceptors (Lipinski definition) is 2. The highest BCUT2D eigenvalue weighted by Gasteiger charge is 2.14. The standard InChI is InChI=1S/C16H21N3O/c1-12-11-18(2)16(20)19(12)15-7-5-13(6-8-15)10-14-4-3-9-17-14/h5-8,11,14,17H,3-4,9-10H2,1-2H3. The van der Waals surface area contributed by atoms with Gasteiger partial charge in [-0.15, -0.1) is 0 Å². The van der Waals surface area contributed by atoms with Crippen molar-refractivity contribution in [3.8, 4) is 5.69 Å². The molecule has 20 heavy (non-hydrogen) atoms. The number of aryl methyl sites for hydroxylation is 2. The molecule has 1 N–H and O–H groups in total. The van der Waals surface area contributed by atoms with Crippen molar-refractivity contribution in [1.82, 2.24) is 14.5 Å². The molecule has 3 rings (SSSR count). The zero-order valence-electron chi connectivity index (χ0n) is 12.1. The highest BCUT2D eigenvalue weighted by Crippen LogP contribution is 2.15.